The number of hydrogen-bond acceptors (Lipinski definition) is 4. The van der Waals surface area contributed by atoms with Crippen LogP contribution in [0.15, 0.2) is 53.7 Å². The Kier molecular flexibility index (Phi) is 4.36. The Hall–Kier alpha value is -1.98. The number of ether oxygens (including phenoxy) is 1. The number of rotatable bonds is 4. The van der Waals surface area contributed by atoms with Crippen molar-refractivity contribution in [1.82, 2.24) is 14.8 Å². The van der Waals surface area contributed by atoms with Crippen molar-refractivity contribution >= 4 is 23.4 Å². The van der Waals surface area contributed by atoms with Gasteiger partial charge in [-0.15, -0.1) is 10.2 Å². The Morgan fingerprint density at radius 1 is 1.05 bits per heavy atom. The van der Waals surface area contributed by atoms with Gasteiger partial charge in [0.1, 0.15) is 5.75 Å². The molecule has 0 bridgehead atoms. The fourth-order valence-electron chi connectivity index (χ4n) is 2.23. The lowest BCUT2D eigenvalue weighted by atomic mass is 10.2. The molecule has 0 radical (unpaired) electrons. The van der Waals surface area contributed by atoms with Crippen LogP contribution in [0.3, 0.4) is 0 Å². The predicted octanol–water partition coefficient (Wildman–Crippen LogP) is 4.32. The van der Waals surface area contributed by atoms with Gasteiger partial charge in [-0.05, 0) is 42.7 Å². The minimum Gasteiger partial charge on any atom is -0.496 e. The summed E-state index contributed by atoms with van der Waals surface area (Å²) in [6, 6.07) is 15.4. The van der Waals surface area contributed by atoms with Gasteiger partial charge in [0, 0.05) is 10.7 Å². The van der Waals surface area contributed by atoms with Crippen molar-refractivity contribution < 1.29 is 4.74 Å². The molecule has 0 spiro atoms. The van der Waals surface area contributed by atoms with Gasteiger partial charge in [0.05, 0.1) is 12.7 Å². The standard InChI is InChI=1S/C16H14ClN3OS/c1-21-14-6-4-3-5-13(14)15-18-19-16(22-2)20(15)12-9-7-11(17)8-10-12/h3-10H,1-2H3. The van der Waals surface area contributed by atoms with E-state index in [1.165, 1.54) is 11.8 Å². The van der Waals surface area contributed by atoms with Gasteiger partial charge >= 0.3 is 0 Å². The van der Waals surface area contributed by atoms with Crippen LogP contribution >= 0.6 is 23.4 Å². The van der Waals surface area contributed by atoms with Crippen LogP contribution in [0.1, 0.15) is 0 Å². The van der Waals surface area contributed by atoms with Gasteiger partial charge < -0.3 is 4.74 Å². The van der Waals surface area contributed by atoms with Crippen molar-refractivity contribution in [2.45, 2.75) is 5.16 Å². The summed E-state index contributed by atoms with van der Waals surface area (Å²) in [4.78, 5) is 0. The monoisotopic (exact) mass is 331 g/mol. The molecule has 2 aromatic carbocycles. The topological polar surface area (TPSA) is 39.9 Å². The molecule has 22 heavy (non-hydrogen) atoms. The van der Waals surface area contributed by atoms with Gasteiger partial charge in [-0.2, -0.15) is 0 Å². The van der Waals surface area contributed by atoms with Gasteiger partial charge in [0.2, 0.25) is 0 Å². The molecule has 0 saturated heterocycles. The summed E-state index contributed by atoms with van der Waals surface area (Å²) in [5.74, 6) is 1.50. The molecule has 0 saturated carbocycles. The molecule has 1 aromatic heterocycles. The average Bonchev–Trinajstić information content (AvgIpc) is 2.99. The predicted molar refractivity (Wildman–Crippen MR) is 90.1 cm³/mol. The summed E-state index contributed by atoms with van der Waals surface area (Å²) < 4.78 is 7.44. The third kappa shape index (κ3) is 2.69. The van der Waals surface area contributed by atoms with Gasteiger partial charge in [-0.3, -0.25) is 4.57 Å². The Balaban J connectivity index is 2.21. The zero-order valence-electron chi connectivity index (χ0n) is 12.2. The maximum absolute atomic E-state index is 5.99. The van der Waals surface area contributed by atoms with Crippen LogP contribution in [0, 0.1) is 0 Å². The molecule has 4 nitrogen and oxygen atoms in total. The summed E-state index contributed by atoms with van der Waals surface area (Å²) in [6.45, 7) is 0. The molecule has 1 heterocycles. The lowest BCUT2D eigenvalue weighted by molar-refractivity contribution is 0.416. The molecule has 0 unspecified atom stereocenters. The Bertz CT molecular complexity index is 786. The zero-order chi connectivity index (χ0) is 15.5. The molecule has 3 aromatic rings. The average molecular weight is 332 g/mol. The maximum atomic E-state index is 5.99. The fraction of sp³-hybridized carbons (Fsp3) is 0.125. The summed E-state index contributed by atoms with van der Waals surface area (Å²) in [5.41, 5.74) is 1.85. The third-order valence-electron chi connectivity index (χ3n) is 3.25. The van der Waals surface area contributed by atoms with E-state index in [2.05, 4.69) is 10.2 Å². The van der Waals surface area contributed by atoms with E-state index in [1.807, 2.05) is 59.4 Å². The van der Waals surface area contributed by atoms with E-state index in [0.717, 1.165) is 28.0 Å². The van der Waals surface area contributed by atoms with E-state index in [4.69, 9.17) is 16.3 Å². The number of thioether (sulfide) groups is 1. The Morgan fingerprint density at radius 3 is 2.45 bits per heavy atom. The molecule has 0 amide bonds. The van der Waals surface area contributed by atoms with Gasteiger partial charge in [0.15, 0.2) is 11.0 Å². The first-order chi connectivity index (χ1) is 10.7. The van der Waals surface area contributed by atoms with Gasteiger partial charge in [-0.1, -0.05) is 35.5 Å². The molecule has 0 atom stereocenters. The molecule has 112 valence electrons. The largest absolute Gasteiger partial charge is 0.496 e. The van der Waals surface area contributed by atoms with Crippen LogP contribution in [0.4, 0.5) is 0 Å². The molecule has 6 heteroatoms. The fourth-order valence-corrected chi connectivity index (χ4v) is 2.85. The number of aromatic nitrogens is 3. The molecule has 0 aliphatic heterocycles. The van der Waals surface area contributed by atoms with E-state index in [-0.39, 0.29) is 0 Å². The molecular formula is C16H14ClN3OS. The highest BCUT2D eigenvalue weighted by molar-refractivity contribution is 7.98. The Morgan fingerprint density at radius 2 is 1.77 bits per heavy atom. The van der Waals surface area contributed by atoms with Crippen molar-refractivity contribution in [2.24, 2.45) is 0 Å². The number of para-hydroxylation sites is 1. The van der Waals surface area contributed by atoms with Crippen molar-refractivity contribution in [3.63, 3.8) is 0 Å². The molecule has 3 rings (SSSR count). The molecular weight excluding hydrogens is 318 g/mol. The van der Waals surface area contributed by atoms with Crippen molar-refractivity contribution in [3.8, 4) is 22.8 Å². The third-order valence-corrected chi connectivity index (χ3v) is 4.13. The van der Waals surface area contributed by atoms with Crippen LogP contribution < -0.4 is 4.74 Å². The second kappa shape index (κ2) is 6.42. The van der Waals surface area contributed by atoms with E-state index >= 15 is 0 Å². The quantitative estimate of drug-likeness (QED) is 0.668. The second-order valence-electron chi connectivity index (χ2n) is 4.52. The highest BCUT2D eigenvalue weighted by atomic mass is 35.5. The number of hydrogen-bond donors (Lipinski definition) is 0. The SMILES string of the molecule is COc1ccccc1-c1nnc(SC)n1-c1ccc(Cl)cc1. The minimum absolute atomic E-state index is 0.696. The summed E-state index contributed by atoms with van der Waals surface area (Å²) in [7, 11) is 1.65. The van der Waals surface area contributed by atoms with Gasteiger partial charge in [0.25, 0.3) is 0 Å². The van der Waals surface area contributed by atoms with Gasteiger partial charge in [-0.25, -0.2) is 0 Å². The molecule has 0 N–H and O–H groups in total. The van der Waals surface area contributed by atoms with Crippen LogP contribution in [0.2, 0.25) is 5.02 Å². The van der Waals surface area contributed by atoms with E-state index in [0.29, 0.717) is 5.02 Å². The number of halogens is 1. The minimum atomic E-state index is 0.696. The van der Waals surface area contributed by atoms with E-state index < -0.39 is 0 Å². The van der Waals surface area contributed by atoms with E-state index in [9.17, 15) is 0 Å². The van der Waals surface area contributed by atoms with Crippen LogP contribution in [-0.4, -0.2) is 28.1 Å². The van der Waals surface area contributed by atoms with E-state index in [1.54, 1.807) is 7.11 Å². The van der Waals surface area contributed by atoms with Crippen LogP contribution in [0.25, 0.3) is 17.1 Å². The highest BCUT2D eigenvalue weighted by Crippen LogP contribution is 2.32. The van der Waals surface area contributed by atoms with Crippen molar-refractivity contribution in [1.29, 1.82) is 0 Å². The summed E-state index contributed by atoms with van der Waals surface area (Å²) in [6.07, 6.45) is 1.97. The smallest absolute Gasteiger partial charge is 0.195 e. The molecule has 0 fully saturated rings. The summed E-state index contributed by atoms with van der Waals surface area (Å²) >= 11 is 7.52. The maximum Gasteiger partial charge on any atom is 0.195 e. The molecule has 0 aliphatic carbocycles. The first kappa shape index (κ1) is 14.9. The highest BCUT2D eigenvalue weighted by Gasteiger charge is 2.17. The first-order valence-corrected chi connectivity index (χ1v) is 8.23. The molecule has 0 aliphatic rings. The lowest BCUT2D eigenvalue weighted by Crippen LogP contribution is -2.00. The van der Waals surface area contributed by atoms with Crippen LogP contribution in [0.5, 0.6) is 5.75 Å². The Labute approximate surface area is 138 Å². The number of nitrogens with zero attached hydrogens (tertiary/aromatic N) is 3. The first-order valence-electron chi connectivity index (χ1n) is 6.63. The normalized spacial score (nSPS) is 10.7. The zero-order valence-corrected chi connectivity index (χ0v) is 13.7. The lowest BCUT2D eigenvalue weighted by Gasteiger charge is -2.11. The second-order valence-corrected chi connectivity index (χ2v) is 5.73. The summed E-state index contributed by atoms with van der Waals surface area (Å²) in [5, 5.41) is 10.1. The number of benzene rings is 2. The van der Waals surface area contributed by atoms with Crippen molar-refractivity contribution in [2.75, 3.05) is 13.4 Å². The number of methoxy groups -OCH3 is 1. The van der Waals surface area contributed by atoms with Crippen LogP contribution in [-0.2, 0) is 0 Å². The van der Waals surface area contributed by atoms with Crippen molar-refractivity contribution in [3.05, 3.63) is 53.6 Å².